The highest BCUT2D eigenvalue weighted by Gasteiger charge is 2.02. The van der Waals surface area contributed by atoms with Crippen molar-refractivity contribution in [1.29, 1.82) is 0 Å². The Balaban J connectivity index is 2.41. The van der Waals surface area contributed by atoms with E-state index in [1.165, 1.54) is 6.33 Å². The lowest BCUT2D eigenvalue weighted by Crippen LogP contribution is -2.13. The summed E-state index contributed by atoms with van der Waals surface area (Å²) >= 11 is 0. The molecule has 0 saturated heterocycles. The highest BCUT2D eigenvalue weighted by molar-refractivity contribution is 5.89. The van der Waals surface area contributed by atoms with Crippen LogP contribution in [-0.2, 0) is 0 Å². The molecule has 0 aromatic carbocycles. The Hall–Kier alpha value is -1.56. The smallest absolute Gasteiger partial charge is 0.273 e. The summed E-state index contributed by atoms with van der Waals surface area (Å²) in [6, 6.07) is 0. The summed E-state index contributed by atoms with van der Waals surface area (Å²) in [6.07, 6.45) is 4.82. The average molecular weight is 223 g/mol. The van der Waals surface area contributed by atoms with Crippen molar-refractivity contribution in [2.75, 3.05) is 20.6 Å². The minimum atomic E-state index is -0.202. The van der Waals surface area contributed by atoms with Crippen molar-refractivity contribution >= 4 is 5.91 Å². The molecule has 0 aliphatic carbocycles. The van der Waals surface area contributed by atoms with Crippen LogP contribution in [0.3, 0.4) is 0 Å². The molecule has 0 aliphatic heterocycles. The first-order valence-electron chi connectivity index (χ1n) is 5.19. The normalized spacial score (nSPS) is 12.1. The van der Waals surface area contributed by atoms with Gasteiger partial charge >= 0.3 is 0 Å². The second kappa shape index (κ2) is 6.12. The lowest BCUT2D eigenvalue weighted by Gasteiger charge is -2.08. The third kappa shape index (κ3) is 4.31. The van der Waals surface area contributed by atoms with Gasteiger partial charge in [-0.2, -0.15) is 4.68 Å². The monoisotopic (exact) mass is 223 g/mol. The molecule has 0 spiro atoms. The lowest BCUT2D eigenvalue weighted by molar-refractivity contribution is 0.0950. The summed E-state index contributed by atoms with van der Waals surface area (Å²) in [5.74, 6) is -0.202. The van der Waals surface area contributed by atoms with E-state index in [-0.39, 0.29) is 5.91 Å². The standard InChI is InChI=1S/C10H17N5O/c1-9(5-4-6-14(2)3)7-10(16)15-8-11-12-13-15/h7-8H,4-6H2,1-3H3/b9-7+. The quantitative estimate of drug-likeness (QED) is 0.540. The van der Waals surface area contributed by atoms with Gasteiger partial charge in [-0.25, -0.2) is 0 Å². The van der Waals surface area contributed by atoms with Gasteiger partial charge in [0.05, 0.1) is 0 Å². The predicted octanol–water partition coefficient (Wildman–Crippen LogP) is 0.601. The number of nitrogens with zero attached hydrogens (tertiary/aromatic N) is 5. The Labute approximate surface area is 94.9 Å². The van der Waals surface area contributed by atoms with Crippen molar-refractivity contribution in [3.63, 3.8) is 0 Å². The molecule has 0 N–H and O–H groups in total. The van der Waals surface area contributed by atoms with E-state index in [1.54, 1.807) is 6.08 Å². The highest BCUT2D eigenvalue weighted by Crippen LogP contribution is 2.04. The van der Waals surface area contributed by atoms with Crippen molar-refractivity contribution < 1.29 is 4.79 Å². The summed E-state index contributed by atoms with van der Waals surface area (Å²) in [4.78, 5) is 13.7. The van der Waals surface area contributed by atoms with Crippen LogP contribution in [0, 0.1) is 0 Å². The SMILES string of the molecule is C/C(=C\C(=O)n1cnnn1)CCCN(C)C. The van der Waals surface area contributed by atoms with Gasteiger partial charge in [-0.3, -0.25) is 4.79 Å². The van der Waals surface area contributed by atoms with Crippen LogP contribution < -0.4 is 0 Å². The Morgan fingerprint density at radius 2 is 2.25 bits per heavy atom. The zero-order valence-electron chi connectivity index (χ0n) is 9.92. The van der Waals surface area contributed by atoms with E-state index in [9.17, 15) is 4.79 Å². The molecule has 0 aliphatic rings. The number of aromatic nitrogens is 4. The van der Waals surface area contributed by atoms with E-state index in [4.69, 9.17) is 0 Å². The van der Waals surface area contributed by atoms with Gasteiger partial charge in [0.25, 0.3) is 5.91 Å². The molecule has 0 amide bonds. The maximum atomic E-state index is 11.5. The Kier molecular flexibility index (Phi) is 4.78. The molecule has 0 atom stereocenters. The van der Waals surface area contributed by atoms with Crippen molar-refractivity contribution in [2.45, 2.75) is 19.8 Å². The molecule has 0 bridgehead atoms. The first kappa shape index (κ1) is 12.5. The number of allylic oxidation sites excluding steroid dienone is 2. The fourth-order valence-electron chi connectivity index (χ4n) is 1.29. The van der Waals surface area contributed by atoms with Gasteiger partial charge in [0.2, 0.25) is 0 Å². The molecule has 16 heavy (non-hydrogen) atoms. The van der Waals surface area contributed by atoms with Gasteiger partial charge in [-0.1, -0.05) is 5.57 Å². The lowest BCUT2D eigenvalue weighted by atomic mass is 10.1. The summed E-state index contributed by atoms with van der Waals surface area (Å²) in [7, 11) is 4.07. The second-order valence-corrected chi connectivity index (χ2v) is 3.99. The van der Waals surface area contributed by atoms with Crippen molar-refractivity contribution in [3.8, 4) is 0 Å². The zero-order chi connectivity index (χ0) is 12.0. The largest absolute Gasteiger partial charge is 0.309 e. The van der Waals surface area contributed by atoms with Crippen LogP contribution in [0.15, 0.2) is 18.0 Å². The Morgan fingerprint density at radius 1 is 1.50 bits per heavy atom. The molecule has 0 radical (unpaired) electrons. The van der Waals surface area contributed by atoms with E-state index in [0.717, 1.165) is 29.6 Å². The summed E-state index contributed by atoms with van der Waals surface area (Å²) < 4.78 is 1.12. The minimum absolute atomic E-state index is 0.202. The third-order valence-corrected chi connectivity index (χ3v) is 2.12. The van der Waals surface area contributed by atoms with Crippen LogP contribution in [0.2, 0.25) is 0 Å². The molecule has 0 saturated carbocycles. The molecule has 0 fully saturated rings. The molecule has 6 heteroatoms. The Morgan fingerprint density at radius 3 is 2.81 bits per heavy atom. The van der Waals surface area contributed by atoms with Gasteiger partial charge in [0.1, 0.15) is 6.33 Å². The highest BCUT2D eigenvalue weighted by atomic mass is 16.2. The average Bonchev–Trinajstić information content (AvgIpc) is 2.69. The van der Waals surface area contributed by atoms with Gasteiger partial charge < -0.3 is 4.90 Å². The molecule has 1 rings (SSSR count). The van der Waals surface area contributed by atoms with E-state index < -0.39 is 0 Å². The first-order valence-corrected chi connectivity index (χ1v) is 5.19. The minimum Gasteiger partial charge on any atom is -0.309 e. The molecule has 1 aromatic rings. The summed E-state index contributed by atoms with van der Waals surface area (Å²) in [5, 5.41) is 10.4. The maximum Gasteiger partial charge on any atom is 0.273 e. The van der Waals surface area contributed by atoms with Crippen LogP contribution in [0.1, 0.15) is 24.6 Å². The third-order valence-electron chi connectivity index (χ3n) is 2.12. The van der Waals surface area contributed by atoms with Gasteiger partial charge in [0.15, 0.2) is 0 Å². The van der Waals surface area contributed by atoms with Gasteiger partial charge in [0, 0.05) is 6.08 Å². The number of rotatable bonds is 5. The summed E-state index contributed by atoms with van der Waals surface area (Å²) in [5.41, 5.74) is 1.04. The van der Waals surface area contributed by atoms with E-state index >= 15 is 0 Å². The van der Waals surface area contributed by atoms with Crippen LogP contribution in [0.25, 0.3) is 0 Å². The van der Waals surface area contributed by atoms with Crippen LogP contribution in [0.4, 0.5) is 0 Å². The van der Waals surface area contributed by atoms with E-state index in [1.807, 2.05) is 21.0 Å². The van der Waals surface area contributed by atoms with Crippen LogP contribution in [-0.4, -0.2) is 51.7 Å². The summed E-state index contributed by atoms with van der Waals surface area (Å²) in [6.45, 7) is 2.96. The van der Waals surface area contributed by atoms with Crippen molar-refractivity contribution in [1.82, 2.24) is 25.1 Å². The molecule has 1 aromatic heterocycles. The number of hydrogen-bond donors (Lipinski definition) is 0. The van der Waals surface area contributed by atoms with Gasteiger partial charge in [-0.15, -0.1) is 5.10 Å². The van der Waals surface area contributed by atoms with Crippen molar-refractivity contribution in [2.24, 2.45) is 0 Å². The number of tetrazole rings is 1. The predicted molar refractivity (Wildman–Crippen MR) is 60.0 cm³/mol. The Bertz CT molecular complexity index is 355. The zero-order valence-corrected chi connectivity index (χ0v) is 9.92. The van der Waals surface area contributed by atoms with Gasteiger partial charge in [-0.05, 0) is 50.8 Å². The second-order valence-electron chi connectivity index (χ2n) is 3.99. The van der Waals surface area contributed by atoms with Crippen LogP contribution >= 0.6 is 0 Å². The number of carbonyl (C=O) groups is 1. The maximum absolute atomic E-state index is 11.5. The fraction of sp³-hybridized carbons (Fsp3) is 0.600. The molecule has 1 heterocycles. The van der Waals surface area contributed by atoms with E-state index in [2.05, 4.69) is 20.4 Å². The topological polar surface area (TPSA) is 63.9 Å². The number of carbonyl (C=O) groups excluding carboxylic acids is 1. The fourth-order valence-corrected chi connectivity index (χ4v) is 1.29. The van der Waals surface area contributed by atoms with Crippen molar-refractivity contribution in [3.05, 3.63) is 18.0 Å². The first-order chi connectivity index (χ1) is 7.59. The molecule has 88 valence electrons. The molecular weight excluding hydrogens is 206 g/mol. The molecule has 0 unspecified atom stereocenters. The van der Waals surface area contributed by atoms with E-state index in [0.29, 0.717) is 0 Å². The number of hydrogen-bond acceptors (Lipinski definition) is 5. The van der Waals surface area contributed by atoms with Crippen LogP contribution in [0.5, 0.6) is 0 Å². The molecule has 6 nitrogen and oxygen atoms in total. The molecular formula is C10H17N5O.